The van der Waals surface area contributed by atoms with Crippen LogP contribution in [0.2, 0.25) is 0 Å². The van der Waals surface area contributed by atoms with Crippen molar-refractivity contribution in [2.75, 3.05) is 13.1 Å². The van der Waals surface area contributed by atoms with Gasteiger partial charge in [-0.1, -0.05) is 45.4 Å². The Balaban J connectivity index is 2.15. The topological polar surface area (TPSA) is 63.4 Å². The number of carbonyl (C=O) groups excluding carboxylic acids is 2. The lowest BCUT2D eigenvalue weighted by Gasteiger charge is -2.38. The number of nitrogens with two attached hydrogens (primary N) is 1. The number of nitrogens with zero attached hydrogens (tertiary/aromatic N) is 1. The number of amides is 2. The highest BCUT2D eigenvalue weighted by Gasteiger charge is 2.47. The first kappa shape index (κ1) is 16.3. The van der Waals surface area contributed by atoms with Crippen LogP contribution in [0.1, 0.15) is 71.1 Å². The predicted octanol–water partition coefficient (Wildman–Crippen LogP) is 2.85. The third kappa shape index (κ3) is 3.78. The molecule has 4 heteroatoms. The molecule has 21 heavy (non-hydrogen) atoms. The van der Waals surface area contributed by atoms with Gasteiger partial charge in [0, 0.05) is 13.1 Å². The molecule has 0 radical (unpaired) electrons. The van der Waals surface area contributed by atoms with Crippen molar-refractivity contribution < 1.29 is 9.59 Å². The maximum atomic E-state index is 13.1. The molecule has 1 saturated carbocycles. The molecular weight excluding hydrogens is 264 g/mol. The fourth-order valence-electron chi connectivity index (χ4n) is 3.92. The Morgan fingerprint density at radius 1 is 1.00 bits per heavy atom. The zero-order valence-corrected chi connectivity index (χ0v) is 13.4. The van der Waals surface area contributed by atoms with Crippen LogP contribution in [0.15, 0.2) is 0 Å². The molecular formula is C17H30N2O2. The van der Waals surface area contributed by atoms with Gasteiger partial charge in [-0.2, -0.15) is 0 Å². The quantitative estimate of drug-likeness (QED) is 0.796. The standard InChI is InChI=1S/C17H30N2O2/c1-14-9-5-2-3-8-12-19(13-14)16(21)17(15(18)20)10-6-4-7-11-17/h14H,2-13H2,1H3,(H2,18,20). The molecule has 120 valence electrons. The van der Waals surface area contributed by atoms with Crippen LogP contribution in [0.4, 0.5) is 0 Å². The molecule has 2 amide bonds. The van der Waals surface area contributed by atoms with Crippen LogP contribution in [0, 0.1) is 11.3 Å². The van der Waals surface area contributed by atoms with Crippen LogP contribution in [0.25, 0.3) is 0 Å². The van der Waals surface area contributed by atoms with Crippen LogP contribution in [-0.4, -0.2) is 29.8 Å². The summed E-state index contributed by atoms with van der Waals surface area (Å²) < 4.78 is 0. The van der Waals surface area contributed by atoms with E-state index in [2.05, 4.69) is 6.92 Å². The summed E-state index contributed by atoms with van der Waals surface area (Å²) in [4.78, 5) is 27.1. The summed E-state index contributed by atoms with van der Waals surface area (Å²) >= 11 is 0. The summed E-state index contributed by atoms with van der Waals surface area (Å²) in [7, 11) is 0. The molecule has 0 aromatic heterocycles. The maximum absolute atomic E-state index is 13.1. The molecule has 1 atom stereocenters. The van der Waals surface area contributed by atoms with Crippen LogP contribution < -0.4 is 5.73 Å². The first-order valence-corrected chi connectivity index (χ1v) is 8.65. The van der Waals surface area contributed by atoms with E-state index in [1.807, 2.05) is 4.90 Å². The summed E-state index contributed by atoms with van der Waals surface area (Å²) in [5, 5.41) is 0. The van der Waals surface area contributed by atoms with Crippen LogP contribution in [-0.2, 0) is 9.59 Å². The SMILES string of the molecule is CC1CCCCCCN(C(=O)C2(C(N)=O)CCCCC2)C1. The molecule has 2 rings (SSSR count). The molecule has 2 N–H and O–H groups in total. The Hall–Kier alpha value is -1.06. The molecule has 2 fully saturated rings. The van der Waals surface area contributed by atoms with Crippen LogP contribution in [0.5, 0.6) is 0 Å². The van der Waals surface area contributed by atoms with E-state index in [0.717, 1.165) is 38.8 Å². The minimum atomic E-state index is -0.911. The summed E-state index contributed by atoms with van der Waals surface area (Å²) in [5.74, 6) is 0.128. The van der Waals surface area contributed by atoms with Gasteiger partial charge in [0.1, 0.15) is 5.41 Å². The predicted molar refractivity (Wildman–Crippen MR) is 83.5 cm³/mol. The van der Waals surface area contributed by atoms with Gasteiger partial charge >= 0.3 is 0 Å². The molecule has 0 aromatic carbocycles. The lowest BCUT2D eigenvalue weighted by Crippen LogP contribution is -2.53. The van der Waals surface area contributed by atoms with Crippen molar-refractivity contribution in [1.82, 2.24) is 4.90 Å². The van der Waals surface area contributed by atoms with Crippen molar-refractivity contribution >= 4 is 11.8 Å². The van der Waals surface area contributed by atoms with Gasteiger partial charge in [-0.3, -0.25) is 9.59 Å². The van der Waals surface area contributed by atoms with E-state index in [1.165, 1.54) is 25.7 Å². The number of hydrogen-bond donors (Lipinski definition) is 1. The van der Waals surface area contributed by atoms with Crippen molar-refractivity contribution in [1.29, 1.82) is 0 Å². The molecule has 0 aromatic rings. The molecule has 1 unspecified atom stereocenters. The van der Waals surface area contributed by atoms with Gasteiger partial charge in [0.25, 0.3) is 0 Å². The minimum absolute atomic E-state index is 0.0171. The van der Waals surface area contributed by atoms with E-state index >= 15 is 0 Å². The average Bonchev–Trinajstić information content (AvgIpc) is 2.59. The Kier molecular flexibility index (Phi) is 5.65. The lowest BCUT2D eigenvalue weighted by atomic mass is 9.72. The Labute approximate surface area is 128 Å². The van der Waals surface area contributed by atoms with Crippen molar-refractivity contribution in [2.24, 2.45) is 17.1 Å². The number of primary amides is 1. The smallest absolute Gasteiger partial charge is 0.238 e. The highest BCUT2D eigenvalue weighted by molar-refractivity contribution is 6.04. The first-order valence-electron chi connectivity index (χ1n) is 8.65. The highest BCUT2D eigenvalue weighted by Crippen LogP contribution is 2.38. The number of hydrogen-bond acceptors (Lipinski definition) is 2. The van der Waals surface area contributed by atoms with Gasteiger partial charge in [-0.05, 0) is 31.6 Å². The summed E-state index contributed by atoms with van der Waals surface area (Å²) in [5.41, 5.74) is 4.75. The Morgan fingerprint density at radius 3 is 2.29 bits per heavy atom. The van der Waals surface area contributed by atoms with Gasteiger partial charge in [0.05, 0.1) is 0 Å². The van der Waals surface area contributed by atoms with Gasteiger partial charge < -0.3 is 10.6 Å². The first-order chi connectivity index (χ1) is 10.1. The van der Waals surface area contributed by atoms with Gasteiger partial charge in [-0.25, -0.2) is 0 Å². The summed E-state index contributed by atoms with van der Waals surface area (Å²) in [6.07, 6.45) is 10.2. The second kappa shape index (κ2) is 7.28. The highest BCUT2D eigenvalue weighted by atomic mass is 16.2. The minimum Gasteiger partial charge on any atom is -0.369 e. The third-order valence-electron chi connectivity index (χ3n) is 5.28. The van der Waals surface area contributed by atoms with Gasteiger partial charge in [-0.15, -0.1) is 0 Å². The van der Waals surface area contributed by atoms with Crippen molar-refractivity contribution in [3.05, 3.63) is 0 Å². The van der Waals surface area contributed by atoms with Gasteiger partial charge in [0.2, 0.25) is 11.8 Å². The molecule has 4 nitrogen and oxygen atoms in total. The fraction of sp³-hybridized carbons (Fsp3) is 0.882. The molecule has 1 aliphatic carbocycles. The third-order valence-corrected chi connectivity index (χ3v) is 5.28. The lowest BCUT2D eigenvalue weighted by molar-refractivity contribution is -0.152. The number of carbonyl (C=O) groups is 2. The monoisotopic (exact) mass is 294 g/mol. The Bertz CT molecular complexity index is 375. The molecule has 1 saturated heterocycles. The molecule has 2 aliphatic rings. The maximum Gasteiger partial charge on any atom is 0.238 e. The van der Waals surface area contributed by atoms with E-state index in [-0.39, 0.29) is 5.91 Å². The largest absolute Gasteiger partial charge is 0.369 e. The second-order valence-electron chi connectivity index (χ2n) is 7.07. The van der Waals surface area contributed by atoms with Crippen molar-refractivity contribution in [2.45, 2.75) is 71.1 Å². The van der Waals surface area contributed by atoms with E-state index in [1.54, 1.807) is 0 Å². The van der Waals surface area contributed by atoms with Crippen molar-refractivity contribution in [3.8, 4) is 0 Å². The number of rotatable bonds is 2. The fourth-order valence-corrected chi connectivity index (χ4v) is 3.92. The normalized spacial score (nSPS) is 27.3. The van der Waals surface area contributed by atoms with E-state index in [9.17, 15) is 9.59 Å². The zero-order valence-electron chi connectivity index (χ0n) is 13.4. The zero-order chi connectivity index (χ0) is 15.3. The average molecular weight is 294 g/mol. The molecule has 1 heterocycles. The van der Waals surface area contributed by atoms with Crippen LogP contribution >= 0.6 is 0 Å². The summed E-state index contributed by atoms with van der Waals surface area (Å²) in [6, 6.07) is 0. The summed E-state index contributed by atoms with van der Waals surface area (Å²) in [6.45, 7) is 3.79. The second-order valence-corrected chi connectivity index (χ2v) is 7.07. The van der Waals surface area contributed by atoms with E-state index in [4.69, 9.17) is 5.73 Å². The van der Waals surface area contributed by atoms with Gasteiger partial charge in [0.15, 0.2) is 0 Å². The molecule has 0 bridgehead atoms. The van der Waals surface area contributed by atoms with Crippen LogP contribution in [0.3, 0.4) is 0 Å². The van der Waals surface area contributed by atoms with E-state index < -0.39 is 11.3 Å². The van der Waals surface area contributed by atoms with Crippen molar-refractivity contribution in [3.63, 3.8) is 0 Å². The molecule has 1 aliphatic heterocycles. The van der Waals surface area contributed by atoms with E-state index in [0.29, 0.717) is 18.8 Å². The Morgan fingerprint density at radius 2 is 1.62 bits per heavy atom. The molecule has 0 spiro atoms.